The van der Waals surface area contributed by atoms with Crippen molar-refractivity contribution in [1.29, 1.82) is 0 Å². The van der Waals surface area contributed by atoms with Crippen molar-refractivity contribution >= 4 is 28.7 Å². The van der Waals surface area contributed by atoms with Gasteiger partial charge in [-0.15, -0.1) is 0 Å². The molecule has 4 heteroatoms. The van der Waals surface area contributed by atoms with E-state index in [2.05, 4.69) is 33.7 Å². The van der Waals surface area contributed by atoms with Gasteiger partial charge in [0, 0.05) is 40.8 Å². The number of aromatic nitrogens is 1. The minimum atomic E-state index is 0.0590. The summed E-state index contributed by atoms with van der Waals surface area (Å²) in [5.74, 6) is 0.344. The number of aliphatic imine (C=N–C) groups is 2. The molecular weight excluding hydrogens is 274 g/mol. The molecule has 112 valence electrons. The summed E-state index contributed by atoms with van der Waals surface area (Å²) in [6.45, 7) is 1.99. The third-order valence-electron chi connectivity index (χ3n) is 5.07. The van der Waals surface area contributed by atoms with Crippen molar-refractivity contribution in [2.45, 2.75) is 32.2 Å². The number of hydrogen-bond acceptors (Lipinski definition) is 3. The van der Waals surface area contributed by atoms with E-state index in [0.717, 1.165) is 41.4 Å². The molecule has 4 nitrogen and oxygen atoms in total. The third-order valence-corrected chi connectivity index (χ3v) is 5.07. The minimum Gasteiger partial charge on any atom is -0.347 e. The molecule has 0 spiro atoms. The topological polar surface area (TPSA) is 46.7 Å². The Bertz CT molecular complexity index is 828. The molecule has 0 radical (unpaired) electrons. The number of rotatable bonds is 2. The monoisotopic (exact) mass is 293 g/mol. The predicted octanol–water partition coefficient (Wildman–Crippen LogP) is 3.18. The molecule has 0 bridgehead atoms. The van der Waals surface area contributed by atoms with Crippen molar-refractivity contribution in [3.05, 3.63) is 35.5 Å². The van der Waals surface area contributed by atoms with E-state index < -0.39 is 0 Å². The van der Waals surface area contributed by atoms with Crippen molar-refractivity contribution < 1.29 is 4.79 Å². The largest absolute Gasteiger partial charge is 0.347 e. The average Bonchev–Trinajstić information content (AvgIpc) is 3.05. The van der Waals surface area contributed by atoms with E-state index in [0.29, 0.717) is 0 Å². The van der Waals surface area contributed by atoms with Crippen LogP contribution in [0.5, 0.6) is 0 Å². The number of carbonyl (C=O) groups excluding carboxylic acids is 1. The highest BCUT2D eigenvalue weighted by atomic mass is 16.1. The number of nitrogens with zero attached hydrogens (tertiary/aromatic N) is 3. The first-order valence-electron chi connectivity index (χ1n) is 7.83. The van der Waals surface area contributed by atoms with E-state index in [9.17, 15) is 4.79 Å². The standard InChI is InChI=1S/C18H19N3O/c1-11-14(20-10-19-11)9-12-7-8-16-17(18(12)22)13-5-3-4-6-15(13)21(16)2/h3-6,10,12,14H,7-9H2,1-2H3. The van der Waals surface area contributed by atoms with Crippen LogP contribution in [0.4, 0.5) is 0 Å². The zero-order valence-corrected chi connectivity index (χ0v) is 12.9. The van der Waals surface area contributed by atoms with Gasteiger partial charge in [0.15, 0.2) is 5.78 Å². The Morgan fingerprint density at radius 1 is 1.32 bits per heavy atom. The Labute approximate surface area is 129 Å². The summed E-state index contributed by atoms with van der Waals surface area (Å²) in [6, 6.07) is 8.29. The number of benzene rings is 1. The summed E-state index contributed by atoms with van der Waals surface area (Å²) in [6.07, 6.45) is 4.28. The summed E-state index contributed by atoms with van der Waals surface area (Å²) < 4.78 is 2.18. The molecule has 2 aliphatic rings. The van der Waals surface area contributed by atoms with Crippen molar-refractivity contribution in [1.82, 2.24) is 4.57 Å². The van der Waals surface area contributed by atoms with Crippen LogP contribution in [0, 0.1) is 5.92 Å². The van der Waals surface area contributed by atoms with Crippen LogP contribution in [-0.4, -0.2) is 28.4 Å². The molecule has 1 aliphatic heterocycles. The molecule has 1 aromatic heterocycles. The van der Waals surface area contributed by atoms with Gasteiger partial charge in [-0.25, -0.2) is 4.99 Å². The number of hydrogen-bond donors (Lipinski definition) is 0. The molecule has 2 unspecified atom stereocenters. The van der Waals surface area contributed by atoms with Gasteiger partial charge in [0.05, 0.1) is 6.04 Å². The van der Waals surface area contributed by atoms with Gasteiger partial charge >= 0.3 is 0 Å². The highest BCUT2D eigenvalue weighted by Gasteiger charge is 2.34. The lowest BCUT2D eigenvalue weighted by Crippen LogP contribution is -2.28. The van der Waals surface area contributed by atoms with Gasteiger partial charge in [-0.1, -0.05) is 18.2 Å². The minimum absolute atomic E-state index is 0.0590. The lowest BCUT2D eigenvalue weighted by Gasteiger charge is -2.23. The highest BCUT2D eigenvalue weighted by molar-refractivity contribution is 6.11. The van der Waals surface area contributed by atoms with Crippen LogP contribution < -0.4 is 0 Å². The maximum atomic E-state index is 13.0. The van der Waals surface area contributed by atoms with Gasteiger partial charge in [-0.2, -0.15) is 0 Å². The molecule has 2 heterocycles. The number of carbonyl (C=O) groups is 1. The van der Waals surface area contributed by atoms with E-state index in [-0.39, 0.29) is 17.7 Å². The second-order valence-electron chi connectivity index (χ2n) is 6.28. The maximum absolute atomic E-state index is 13.0. The Kier molecular flexibility index (Phi) is 2.99. The van der Waals surface area contributed by atoms with Gasteiger partial charge < -0.3 is 4.57 Å². The summed E-state index contributed by atoms with van der Waals surface area (Å²) in [4.78, 5) is 21.6. The fraction of sp³-hybridized carbons (Fsp3) is 0.389. The van der Waals surface area contributed by atoms with Crippen LogP contribution in [0.25, 0.3) is 10.9 Å². The van der Waals surface area contributed by atoms with Gasteiger partial charge in [-0.05, 0) is 32.3 Å². The fourth-order valence-electron chi connectivity index (χ4n) is 3.78. The predicted molar refractivity (Wildman–Crippen MR) is 89.1 cm³/mol. The van der Waals surface area contributed by atoms with Crippen LogP contribution in [0.3, 0.4) is 0 Å². The zero-order chi connectivity index (χ0) is 15.3. The molecule has 4 rings (SSSR count). The molecule has 22 heavy (non-hydrogen) atoms. The Morgan fingerprint density at radius 2 is 2.14 bits per heavy atom. The van der Waals surface area contributed by atoms with Crippen molar-refractivity contribution in [3.63, 3.8) is 0 Å². The van der Waals surface area contributed by atoms with Gasteiger partial charge in [0.25, 0.3) is 0 Å². The first-order chi connectivity index (χ1) is 10.7. The second-order valence-corrected chi connectivity index (χ2v) is 6.28. The van der Waals surface area contributed by atoms with Crippen LogP contribution in [0.2, 0.25) is 0 Å². The van der Waals surface area contributed by atoms with Crippen LogP contribution in [0.15, 0.2) is 34.3 Å². The number of fused-ring (bicyclic) bond motifs is 3. The first kappa shape index (κ1) is 13.4. The first-order valence-corrected chi connectivity index (χ1v) is 7.83. The average molecular weight is 293 g/mol. The molecule has 1 aliphatic carbocycles. The Morgan fingerprint density at radius 3 is 2.91 bits per heavy atom. The SMILES string of the molecule is CC1=NC=NC1CC1CCc2c(c3ccccc3n2C)C1=O. The molecule has 0 N–H and O–H groups in total. The summed E-state index contributed by atoms with van der Waals surface area (Å²) in [7, 11) is 2.06. The van der Waals surface area contributed by atoms with E-state index in [1.165, 1.54) is 5.69 Å². The second kappa shape index (κ2) is 4.90. The van der Waals surface area contributed by atoms with E-state index >= 15 is 0 Å². The molecular formula is C18H19N3O. The molecule has 0 fully saturated rings. The van der Waals surface area contributed by atoms with Crippen molar-refractivity contribution in [3.8, 4) is 0 Å². The Balaban J connectivity index is 1.72. The molecule has 0 amide bonds. The number of Topliss-reactive ketones (excluding diaryl/α,β-unsaturated/α-hetero) is 1. The molecule has 0 saturated heterocycles. The van der Waals surface area contributed by atoms with Crippen LogP contribution in [0.1, 0.15) is 35.8 Å². The number of para-hydroxylation sites is 1. The molecule has 2 aromatic rings. The number of aryl methyl sites for hydroxylation is 1. The molecule has 1 aromatic carbocycles. The normalized spacial score (nSPS) is 23.9. The fourth-order valence-corrected chi connectivity index (χ4v) is 3.78. The van der Waals surface area contributed by atoms with Crippen molar-refractivity contribution in [2.75, 3.05) is 0 Å². The van der Waals surface area contributed by atoms with Crippen LogP contribution >= 0.6 is 0 Å². The summed E-state index contributed by atoms with van der Waals surface area (Å²) >= 11 is 0. The third kappa shape index (κ3) is 1.86. The highest BCUT2D eigenvalue weighted by Crippen LogP contribution is 2.35. The van der Waals surface area contributed by atoms with E-state index in [1.54, 1.807) is 6.34 Å². The molecule has 0 saturated carbocycles. The lowest BCUT2D eigenvalue weighted by molar-refractivity contribution is 0.0894. The van der Waals surface area contributed by atoms with Gasteiger partial charge in [-0.3, -0.25) is 9.79 Å². The lowest BCUT2D eigenvalue weighted by atomic mass is 9.81. The molecule has 2 atom stereocenters. The quantitative estimate of drug-likeness (QED) is 0.838. The summed E-state index contributed by atoms with van der Waals surface area (Å²) in [5, 5.41) is 1.09. The van der Waals surface area contributed by atoms with Gasteiger partial charge in [0.2, 0.25) is 0 Å². The zero-order valence-electron chi connectivity index (χ0n) is 12.9. The smallest absolute Gasteiger partial charge is 0.168 e. The number of ketones is 1. The van der Waals surface area contributed by atoms with Gasteiger partial charge in [0.1, 0.15) is 6.34 Å². The van der Waals surface area contributed by atoms with E-state index in [4.69, 9.17) is 0 Å². The van der Waals surface area contributed by atoms with Crippen LogP contribution in [-0.2, 0) is 13.5 Å². The summed E-state index contributed by atoms with van der Waals surface area (Å²) in [5.41, 5.74) is 4.29. The Hall–Kier alpha value is -2.23. The maximum Gasteiger partial charge on any atom is 0.168 e. The van der Waals surface area contributed by atoms with Crippen molar-refractivity contribution in [2.24, 2.45) is 23.0 Å². The van der Waals surface area contributed by atoms with E-state index in [1.807, 2.05) is 19.1 Å².